The van der Waals surface area contributed by atoms with Gasteiger partial charge in [0.15, 0.2) is 0 Å². The van der Waals surface area contributed by atoms with Crippen molar-refractivity contribution < 1.29 is 27.4 Å². The molecule has 0 spiro atoms. The largest absolute Gasteiger partial charge is 0.490 e. The highest BCUT2D eigenvalue weighted by molar-refractivity contribution is 9.10. The Morgan fingerprint density at radius 1 is 1.04 bits per heavy atom. The van der Waals surface area contributed by atoms with Crippen LogP contribution in [0.15, 0.2) is 57.9 Å². The molecule has 2 aromatic carbocycles. The van der Waals surface area contributed by atoms with Gasteiger partial charge in [-0.05, 0) is 52.3 Å². The number of halogens is 1. The molecular formula is C19H20BrNO6S. The summed E-state index contributed by atoms with van der Waals surface area (Å²) in [5.41, 5.74) is 0.445. The highest BCUT2D eigenvalue weighted by atomic mass is 79.9. The van der Waals surface area contributed by atoms with E-state index in [-0.39, 0.29) is 18.1 Å². The van der Waals surface area contributed by atoms with Gasteiger partial charge in [0.25, 0.3) is 0 Å². The van der Waals surface area contributed by atoms with Gasteiger partial charge in [-0.3, -0.25) is 0 Å². The number of morpholine rings is 1. The van der Waals surface area contributed by atoms with Gasteiger partial charge in [0.05, 0.1) is 23.7 Å². The lowest BCUT2D eigenvalue weighted by Gasteiger charge is -2.26. The van der Waals surface area contributed by atoms with Crippen LogP contribution in [0.1, 0.15) is 10.4 Å². The van der Waals surface area contributed by atoms with Crippen molar-refractivity contribution in [2.75, 3.05) is 39.5 Å². The second-order valence-corrected chi connectivity index (χ2v) is 8.74. The zero-order chi connectivity index (χ0) is 20.0. The van der Waals surface area contributed by atoms with Crippen LogP contribution >= 0.6 is 15.9 Å². The normalized spacial score (nSPS) is 15.2. The van der Waals surface area contributed by atoms with Crippen LogP contribution in [-0.2, 0) is 19.5 Å². The summed E-state index contributed by atoms with van der Waals surface area (Å²) in [4.78, 5) is 12.2. The van der Waals surface area contributed by atoms with Crippen LogP contribution in [0.3, 0.4) is 0 Å². The van der Waals surface area contributed by atoms with E-state index in [0.29, 0.717) is 42.1 Å². The minimum atomic E-state index is -3.53. The number of carbonyl (C=O) groups is 1. The predicted octanol–water partition coefficient (Wildman–Crippen LogP) is 2.71. The number of rotatable bonds is 7. The Balaban J connectivity index is 1.49. The molecule has 1 aliphatic heterocycles. The molecule has 0 N–H and O–H groups in total. The molecule has 1 aliphatic rings. The summed E-state index contributed by atoms with van der Waals surface area (Å²) in [6, 6.07) is 13.2. The highest BCUT2D eigenvalue weighted by Gasteiger charge is 2.26. The fourth-order valence-electron chi connectivity index (χ4n) is 2.64. The molecule has 3 rings (SSSR count). The summed E-state index contributed by atoms with van der Waals surface area (Å²) in [6.45, 7) is 1.74. The number of benzene rings is 2. The Morgan fingerprint density at radius 2 is 1.71 bits per heavy atom. The lowest BCUT2D eigenvalue weighted by molar-refractivity contribution is 0.0449. The maximum absolute atomic E-state index is 12.6. The van der Waals surface area contributed by atoms with Crippen LogP contribution < -0.4 is 4.74 Å². The van der Waals surface area contributed by atoms with E-state index in [1.807, 2.05) is 6.07 Å². The Labute approximate surface area is 172 Å². The first-order chi connectivity index (χ1) is 13.5. The molecule has 0 radical (unpaired) electrons. The molecule has 0 unspecified atom stereocenters. The monoisotopic (exact) mass is 469 g/mol. The van der Waals surface area contributed by atoms with Crippen molar-refractivity contribution in [3.05, 3.63) is 58.6 Å². The number of ether oxygens (including phenoxy) is 3. The van der Waals surface area contributed by atoms with Crippen molar-refractivity contribution in [2.45, 2.75) is 4.90 Å². The molecule has 28 heavy (non-hydrogen) atoms. The summed E-state index contributed by atoms with van der Waals surface area (Å²) in [5.74, 6) is 0.0564. The molecule has 7 nitrogen and oxygen atoms in total. The molecule has 150 valence electrons. The van der Waals surface area contributed by atoms with Crippen molar-refractivity contribution in [1.82, 2.24) is 4.31 Å². The van der Waals surface area contributed by atoms with Crippen LogP contribution in [0.5, 0.6) is 5.75 Å². The Bertz CT molecular complexity index is 910. The third-order valence-corrected chi connectivity index (χ3v) is 6.71. The smallest absolute Gasteiger partial charge is 0.339 e. The molecule has 0 aliphatic carbocycles. The molecule has 0 bridgehead atoms. The van der Waals surface area contributed by atoms with Gasteiger partial charge in [-0.1, -0.05) is 12.1 Å². The van der Waals surface area contributed by atoms with Gasteiger partial charge in [0.2, 0.25) is 10.0 Å². The summed E-state index contributed by atoms with van der Waals surface area (Å²) in [7, 11) is -3.53. The van der Waals surface area contributed by atoms with E-state index >= 15 is 0 Å². The van der Waals surface area contributed by atoms with E-state index in [1.165, 1.54) is 16.4 Å². The van der Waals surface area contributed by atoms with Crippen molar-refractivity contribution in [2.24, 2.45) is 0 Å². The van der Waals surface area contributed by atoms with E-state index in [4.69, 9.17) is 14.2 Å². The number of nitrogens with zero attached hydrogens (tertiary/aromatic N) is 1. The standard InChI is InChI=1S/C19H20BrNO6S/c20-18-4-2-1-3-17(18)19(22)27-14-13-26-15-5-7-16(8-6-15)28(23,24)21-9-11-25-12-10-21/h1-8H,9-14H2. The topological polar surface area (TPSA) is 82.1 Å². The molecule has 0 atom stereocenters. The van der Waals surface area contributed by atoms with Gasteiger partial charge in [0, 0.05) is 17.6 Å². The van der Waals surface area contributed by atoms with Crippen molar-refractivity contribution in [3.8, 4) is 5.75 Å². The maximum atomic E-state index is 12.6. The predicted molar refractivity (Wildman–Crippen MR) is 106 cm³/mol. The van der Waals surface area contributed by atoms with E-state index in [1.54, 1.807) is 30.3 Å². The second-order valence-electron chi connectivity index (χ2n) is 5.95. The fourth-order valence-corrected chi connectivity index (χ4v) is 4.50. The molecule has 0 saturated carbocycles. The van der Waals surface area contributed by atoms with Gasteiger partial charge in [-0.25, -0.2) is 13.2 Å². The molecular weight excluding hydrogens is 450 g/mol. The number of carbonyl (C=O) groups excluding carboxylic acids is 1. The van der Waals surface area contributed by atoms with Crippen molar-refractivity contribution in [1.29, 1.82) is 0 Å². The van der Waals surface area contributed by atoms with Crippen LogP contribution in [0.2, 0.25) is 0 Å². The first-order valence-electron chi connectivity index (χ1n) is 8.71. The third-order valence-electron chi connectivity index (χ3n) is 4.11. The Kier molecular flexibility index (Phi) is 7.06. The maximum Gasteiger partial charge on any atom is 0.339 e. The summed E-state index contributed by atoms with van der Waals surface area (Å²) in [5, 5.41) is 0. The van der Waals surface area contributed by atoms with Crippen LogP contribution in [0, 0.1) is 0 Å². The van der Waals surface area contributed by atoms with Crippen LogP contribution in [-0.4, -0.2) is 58.2 Å². The summed E-state index contributed by atoms with van der Waals surface area (Å²) >= 11 is 3.30. The zero-order valence-corrected chi connectivity index (χ0v) is 17.4. The van der Waals surface area contributed by atoms with Gasteiger partial charge in [-0.15, -0.1) is 0 Å². The molecule has 1 heterocycles. The average molecular weight is 470 g/mol. The minimum Gasteiger partial charge on any atom is -0.490 e. The van der Waals surface area contributed by atoms with E-state index < -0.39 is 16.0 Å². The van der Waals surface area contributed by atoms with Gasteiger partial charge < -0.3 is 14.2 Å². The number of hydrogen-bond acceptors (Lipinski definition) is 6. The molecule has 1 fully saturated rings. The van der Waals surface area contributed by atoms with Gasteiger partial charge in [-0.2, -0.15) is 4.31 Å². The Hall–Kier alpha value is -1.94. The van der Waals surface area contributed by atoms with E-state index in [9.17, 15) is 13.2 Å². The first kappa shape index (κ1) is 20.8. The SMILES string of the molecule is O=C(OCCOc1ccc(S(=O)(=O)N2CCOCC2)cc1)c1ccccc1Br. The number of esters is 1. The lowest BCUT2D eigenvalue weighted by atomic mass is 10.2. The van der Waals surface area contributed by atoms with Crippen LogP contribution in [0.4, 0.5) is 0 Å². The zero-order valence-electron chi connectivity index (χ0n) is 15.0. The molecule has 2 aromatic rings. The first-order valence-corrected chi connectivity index (χ1v) is 10.9. The van der Waals surface area contributed by atoms with E-state index in [2.05, 4.69) is 15.9 Å². The molecule has 0 aromatic heterocycles. The number of sulfonamides is 1. The molecule has 1 saturated heterocycles. The Morgan fingerprint density at radius 3 is 2.39 bits per heavy atom. The minimum absolute atomic E-state index is 0.0774. The second kappa shape index (κ2) is 9.51. The average Bonchev–Trinajstić information content (AvgIpc) is 2.72. The lowest BCUT2D eigenvalue weighted by Crippen LogP contribution is -2.40. The fraction of sp³-hybridized carbons (Fsp3) is 0.316. The highest BCUT2D eigenvalue weighted by Crippen LogP contribution is 2.21. The molecule has 0 amide bonds. The van der Waals surface area contributed by atoms with Crippen LogP contribution in [0.25, 0.3) is 0 Å². The third kappa shape index (κ3) is 5.11. The van der Waals surface area contributed by atoms with Gasteiger partial charge in [0.1, 0.15) is 19.0 Å². The summed E-state index contributed by atoms with van der Waals surface area (Å²) in [6.07, 6.45) is 0. The summed E-state index contributed by atoms with van der Waals surface area (Å²) < 4.78 is 43.1. The van der Waals surface area contributed by atoms with Gasteiger partial charge >= 0.3 is 5.97 Å². The quantitative estimate of drug-likeness (QED) is 0.457. The van der Waals surface area contributed by atoms with Crippen molar-refractivity contribution >= 4 is 31.9 Å². The molecule has 9 heteroatoms. The van der Waals surface area contributed by atoms with E-state index in [0.717, 1.165) is 0 Å². The van der Waals surface area contributed by atoms with Crippen molar-refractivity contribution in [3.63, 3.8) is 0 Å². The number of hydrogen-bond donors (Lipinski definition) is 0.